The van der Waals surface area contributed by atoms with Gasteiger partial charge in [0.25, 0.3) is 5.56 Å². The van der Waals surface area contributed by atoms with Crippen molar-refractivity contribution < 1.29 is 0 Å². The van der Waals surface area contributed by atoms with Gasteiger partial charge in [0.2, 0.25) is 5.95 Å². The Kier molecular flexibility index (Phi) is 5.98. The van der Waals surface area contributed by atoms with Crippen molar-refractivity contribution in [3.8, 4) is 11.8 Å². The van der Waals surface area contributed by atoms with Crippen LogP contribution in [-0.4, -0.2) is 41.2 Å². The summed E-state index contributed by atoms with van der Waals surface area (Å²) in [6, 6.07) is 7.51. The minimum absolute atomic E-state index is 0.0552. The molecule has 0 spiro atoms. The summed E-state index contributed by atoms with van der Waals surface area (Å²) in [4.78, 5) is 40.2. The molecular weight excluding hydrogens is 420 g/mol. The first kappa shape index (κ1) is 22.2. The van der Waals surface area contributed by atoms with E-state index in [1.54, 1.807) is 18.5 Å². The minimum Gasteiger partial charge on any atom is -0.354 e. The highest BCUT2D eigenvalue weighted by molar-refractivity contribution is 5.80. The van der Waals surface area contributed by atoms with E-state index in [-0.39, 0.29) is 30.3 Å². The third kappa shape index (κ3) is 4.10. The lowest BCUT2D eigenvalue weighted by atomic mass is 10.2. The minimum atomic E-state index is -0.494. The number of aromatic nitrogens is 6. The van der Waals surface area contributed by atoms with Crippen LogP contribution in [0.25, 0.3) is 22.1 Å². The molecule has 170 valence electrons. The Morgan fingerprint density at radius 3 is 2.64 bits per heavy atom. The molecule has 0 radical (unpaired) electrons. The van der Waals surface area contributed by atoms with Crippen molar-refractivity contribution in [1.29, 1.82) is 0 Å². The molecule has 4 aromatic rings. The standard InChI is InChI=1S/C23H26N8O2/c1-5-6-11-30-19-20(28-22(30)25-12-14(2)24)29(4)23(33)31(21(19)32)13-18-26-15(3)16-9-7-8-10-17(16)27-18/h7-10,14H,11-13,24H2,1-4H3,(H,25,28)/t14-/m1/s1. The van der Waals surface area contributed by atoms with Gasteiger partial charge in [-0.2, -0.15) is 4.98 Å². The van der Waals surface area contributed by atoms with Crippen LogP contribution >= 0.6 is 0 Å². The molecule has 10 heteroatoms. The SMILES string of the molecule is CC#CCn1c(NC[C@@H](C)N)nc2c1c(=O)n(Cc1nc(C)c3ccccc3n1)c(=O)n2C. The molecular formula is C23H26N8O2. The van der Waals surface area contributed by atoms with Gasteiger partial charge in [-0.1, -0.05) is 24.1 Å². The van der Waals surface area contributed by atoms with Crippen molar-refractivity contribution in [2.24, 2.45) is 12.8 Å². The predicted octanol–water partition coefficient (Wildman–Crippen LogP) is 0.979. The summed E-state index contributed by atoms with van der Waals surface area (Å²) in [7, 11) is 1.59. The number of anilines is 1. The van der Waals surface area contributed by atoms with Gasteiger partial charge < -0.3 is 11.1 Å². The lowest BCUT2D eigenvalue weighted by Crippen LogP contribution is -2.40. The van der Waals surface area contributed by atoms with Gasteiger partial charge in [-0.15, -0.1) is 5.92 Å². The van der Waals surface area contributed by atoms with Gasteiger partial charge >= 0.3 is 5.69 Å². The number of benzene rings is 1. The first-order valence-corrected chi connectivity index (χ1v) is 10.6. The second kappa shape index (κ2) is 8.88. The number of para-hydroxylation sites is 1. The van der Waals surface area contributed by atoms with Crippen LogP contribution in [0, 0.1) is 18.8 Å². The van der Waals surface area contributed by atoms with Crippen LogP contribution in [-0.2, 0) is 20.1 Å². The van der Waals surface area contributed by atoms with E-state index in [0.717, 1.165) is 21.2 Å². The van der Waals surface area contributed by atoms with Crippen LogP contribution in [0.4, 0.5) is 5.95 Å². The smallest absolute Gasteiger partial charge is 0.332 e. The Labute approximate surface area is 190 Å². The molecule has 1 atom stereocenters. The van der Waals surface area contributed by atoms with Gasteiger partial charge in [0, 0.05) is 30.7 Å². The lowest BCUT2D eigenvalue weighted by molar-refractivity contribution is 0.633. The maximum absolute atomic E-state index is 13.5. The zero-order chi connectivity index (χ0) is 23.7. The van der Waals surface area contributed by atoms with Crippen molar-refractivity contribution in [3.63, 3.8) is 0 Å². The highest BCUT2D eigenvalue weighted by atomic mass is 16.2. The number of aryl methyl sites for hydroxylation is 2. The average molecular weight is 447 g/mol. The highest BCUT2D eigenvalue weighted by Crippen LogP contribution is 2.17. The summed E-state index contributed by atoms with van der Waals surface area (Å²) in [5, 5.41) is 4.08. The van der Waals surface area contributed by atoms with E-state index in [4.69, 9.17) is 5.73 Å². The van der Waals surface area contributed by atoms with Crippen LogP contribution in [0.5, 0.6) is 0 Å². The van der Waals surface area contributed by atoms with Gasteiger partial charge in [0.05, 0.1) is 18.6 Å². The molecule has 0 bridgehead atoms. The molecule has 3 heterocycles. The van der Waals surface area contributed by atoms with E-state index in [2.05, 4.69) is 32.1 Å². The summed E-state index contributed by atoms with van der Waals surface area (Å²) < 4.78 is 4.18. The van der Waals surface area contributed by atoms with E-state index in [1.165, 1.54) is 4.57 Å². The number of imidazole rings is 1. The number of fused-ring (bicyclic) bond motifs is 2. The average Bonchev–Trinajstić information content (AvgIpc) is 3.16. The fraction of sp³-hybridized carbons (Fsp3) is 0.348. The second-order valence-corrected chi connectivity index (χ2v) is 7.95. The molecule has 0 fully saturated rings. The third-order valence-corrected chi connectivity index (χ3v) is 5.37. The van der Waals surface area contributed by atoms with E-state index in [0.29, 0.717) is 18.3 Å². The van der Waals surface area contributed by atoms with Gasteiger partial charge in [0.15, 0.2) is 11.2 Å². The summed E-state index contributed by atoms with van der Waals surface area (Å²) >= 11 is 0. The van der Waals surface area contributed by atoms with Crippen LogP contribution in [0.15, 0.2) is 33.9 Å². The number of nitrogens with two attached hydrogens (primary N) is 1. The van der Waals surface area contributed by atoms with Gasteiger partial charge in [-0.25, -0.2) is 14.8 Å². The van der Waals surface area contributed by atoms with Crippen LogP contribution in [0.2, 0.25) is 0 Å². The van der Waals surface area contributed by atoms with Crippen molar-refractivity contribution in [2.75, 3.05) is 11.9 Å². The van der Waals surface area contributed by atoms with Crippen molar-refractivity contribution in [3.05, 3.63) is 56.6 Å². The molecule has 0 saturated carbocycles. The molecule has 1 aromatic carbocycles. The quantitative estimate of drug-likeness (QED) is 0.423. The molecule has 0 aliphatic carbocycles. The molecule has 4 rings (SSSR count). The molecule has 0 amide bonds. The number of hydrogen-bond donors (Lipinski definition) is 2. The van der Waals surface area contributed by atoms with Crippen LogP contribution in [0.1, 0.15) is 25.4 Å². The number of hydrogen-bond acceptors (Lipinski definition) is 7. The van der Waals surface area contributed by atoms with Gasteiger partial charge in [-0.05, 0) is 26.8 Å². The topological polar surface area (TPSA) is 126 Å². The van der Waals surface area contributed by atoms with Crippen LogP contribution < -0.4 is 22.3 Å². The summed E-state index contributed by atoms with van der Waals surface area (Å²) in [5.74, 6) is 6.63. The molecule has 0 aliphatic rings. The van der Waals surface area contributed by atoms with E-state index in [1.807, 2.05) is 38.1 Å². The Hall–Kier alpha value is -3.97. The maximum Gasteiger partial charge on any atom is 0.332 e. The normalized spacial score (nSPS) is 12.0. The first-order valence-electron chi connectivity index (χ1n) is 10.6. The second-order valence-electron chi connectivity index (χ2n) is 7.95. The predicted molar refractivity (Wildman–Crippen MR) is 128 cm³/mol. The molecule has 3 aromatic heterocycles. The number of rotatable bonds is 6. The maximum atomic E-state index is 13.5. The highest BCUT2D eigenvalue weighted by Gasteiger charge is 2.21. The van der Waals surface area contributed by atoms with E-state index < -0.39 is 11.2 Å². The summed E-state index contributed by atoms with van der Waals surface area (Å²) in [6.45, 7) is 6.11. The summed E-state index contributed by atoms with van der Waals surface area (Å²) in [5.41, 5.74) is 7.01. The fourth-order valence-electron chi connectivity index (χ4n) is 3.72. The lowest BCUT2D eigenvalue weighted by Gasteiger charge is -2.11. The van der Waals surface area contributed by atoms with Crippen molar-refractivity contribution in [2.45, 2.75) is 39.9 Å². The zero-order valence-corrected chi connectivity index (χ0v) is 19.1. The van der Waals surface area contributed by atoms with E-state index in [9.17, 15) is 9.59 Å². The molecule has 0 unspecified atom stereocenters. The van der Waals surface area contributed by atoms with Crippen molar-refractivity contribution >= 4 is 28.0 Å². The largest absolute Gasteiger partial charge is 0.354 e. The summed E-state index contributed by atoms with van der Waals surface area (Å²) in [6.07, 6.45) is 0. The molecule has 33 heavy (non-hydrogen) atoms. The molecule has 10 nitrogen and oxygen atoms in total. The molecule has 3 N–H and O–H groups in total. The Morgan fingerprint density at radius 2 is 1.91 bits per heavy atom. The van der Waals surface area contributed by atoms with Gasteiger partial charge in [-0.3, -0.25) is 18.5 Å². The Morgan fingerprint density at radius 1 is 1.15 bits per heavy atom. The Balaban J connectivity index is 1.90. The first-order chi connectivity index (χ1) is 15.8. The molecule has 0 saturated heterocycles. The zero-order valence-electron chi connectivity index (χ0n) is 19.1. The van der Waals surface area contributed by atoms with Crippen LogP contribution in [0.3, 0.4) is 0 Å². The third-order valence-electron chi connectivity index (χ3n) is 5.37. The fourth-order valence-corrected chi connectivity index (χ4v) is 3.72. The van der Waals surface area contributed by atoms with Gasteiger partial charge in [0.1, 0.15) is 5.82 Å². The number of nitrogens with one attached hydrogen (secondary N) is 1. The monoisotopic (exact) mass is 446 g/mol. The number of nitrogens with zero attached hydrogens (tertiary/aromatic N) is 6. The van der Waals surface area contributed by atoms with Crippen molar-refractivity contribution in [1.82, 2.24) is 28.7 Å². The van der Waals surface area contributed by atoms with E-state index >= 15 is 0 Å². The Bertz CT molecular complexity index is 1530. The molecule has 0 aliphatic heterocycles.